The fourth-order valence-electron chi connectivity index (χ4n) is 2.14. The van der Waals surface area contributed by atoms with E-state index < -0.39 is 0 Å². The monoisotopic (exact) mass is 212 g/mol. The molecule has 2 fully saturated rings. The third-order valence-corrected chi connectivity index (χ3v) is 3.27. The minimum Gasteiger partial charge on any atom is -0.381 e. The molecule has 3 nitrogen and oxygen atoms in total. The summed E-state index contributed by atoms with van der Waals surface area (Å²) in [7, 11) is 0. The van der Waals surface area contributed by atoms with Gasteiger partial charge in [-0.05, 0) is 32.1 Å². The summed E-state index contributed by atoms with van der Waals surface area (Å²) >= 11 is 0. The molecule has 1 saturated heterocycles. The van der Waals surface area contributed by atoms with Crippen molar-refractivity contribution in [1.29, 1.82) is 0 Å². The van der Waals surface area contributed by atoms with Crippen molar-refractivity contribution < 1.29 is 4.74 Å². The van der Waals surface area contributed by atoms with E-state index in [2.05, 4.69) is 17.1 Å². The second kappa shape index (κ2) is 5.83. The molecule has 0 aromatic carbocycles. The maximum atomic E-state index is 5.63. The molecule has 0 aromatic rings. The summed E-state index contributed by atoms with van der Waals surface area (Å²) in [4.78, 5) is 2.54. The lowest BCUT2D eigenvalue weighted by molar-refractivity contribution is 0.107. The van der Waals surface area contributed by atoms with Crippen molar-refractivity contribution in [1.82, 2.24) is 10.2 Å². The van der Waals surface area contributed by atoms with Crippen LogP contribution in [0.1, 0.15) is 26.2 Å². The largest absolute Gasteiger partial charge is 0.381 e. The number of hydrogen-bond acceptors (Lipinski definition) is 3. The SMILES string of the molecule is CC1CN(CCCOCC2CC2)CCN1. The van der Waals surface area contributed by atoms with Crippen molar-refractivity contribution in [2.75, 3.05) is 39.4 Å². The molecule has 0 spiro atoms. The van der Waals surface area contributed by atoms with Gasteiger partial charge in [0.05, 0.1) is 0 Å². The van der Waals surface area contributed by atoms with E-state index in [-0.39, 0.29) is 0 Å². The van der Waals surface area contributed by atoms with E-state index in [1.165, 1.54) is 38.9 Å². The summed E-state index contributed by atoms with van der Waals surface area (Å²) in [6.45, 7) is 8.97. The molecular weight excluding hydrogens is 188 g/mol. The third kappa shape index (κ3) is 4.49. The highest BCUT2D eigenvalue weighted by Crippen LogP contribution is 2.28. The van der Waals surface area contributed by atoms with Crippen molar-refractivity contribution in [3.63, 3.8) is 0 Å². The summed E-state index contributed by atoms with van der Waals surface area (Å²) in [5.41, 5.74) is 0. The normalized spacial score (nSPS) is 28.2. The van der Waals surface area contributed by atoms with Crippen LogP contribution in [0, 0.1) is 5.92 Å². The van der Waals surface area contributed by atoms with Crippen LogP contribution in [0.15, 0.2) is 0 Å². The van der Waals surface area contributed by atoms with Gasteiger partial charge in [0, 0.05) is 45.4 Å². The lowest BCUT2D eigenvalue weighted by Gasteiger charge is -2.31. The fourth-order valence-corrected chi connectivity index (χ4v) is 2.14. The van der Waals surface area contributed by atoms with Gasteiger partial charge in [0.1, 0.15) is 0 Å². The predicted octanol–water partition coefficient (Wildman–Crippen LogP) is 1.10. The Kier molecular flexibility index (Phi) is 4.42. The van der Waals surface area contributed by atoms with Crippen LogP contribution in [0.4, 0.5) is 0 Å². The number of nitrogens with zero attached hydrogens (tertiary/aromatic N) is 1. The Morgan fingerprint density at radius 3 is 3.00 bits per heavy atom. The number of nitrogens with one attached hydrogen (secondary N) is 1. The second-order valence-corrected chi connectivity index (χ2v) is 5.03. The molecule has 1 heterocycles. The molecule has 15 heavy (non-hydrogen) atoms. The topological polar surface area (TPSA) is 24.5 Å². The Bertz CT molecular complexity index is 182. The van der Waals surface area contributed by atoms with Crippen LogP contribution >= 0.6 is 0 Å². The number of hydrogen-bond donors (Lipinski definition) is 1. The molecule has 3 heteroatoms. The molecule has 1 N–H and O–H groups in total. The van der Waals surface area contributed by atoms with E-state index in [0.29, 0.717) is 6.04 Å². The summed E-state index contributed by atoms with van der Waals surface area (Å²) in [6.07, 6.45) is 3.99. The summed E-state index contributed by atoms with van der Waals surface area (Å²) in [5.74, 6) is 0.907. The number of piperazine rings is 1. The quantitative estimate of drug-likeness (QED) is 0.667. The maximum Gasteiger partial charge on any atom is 0.0494 e. The van der Waals surface area contributed by atoms with Gasteiger partial charge in [0.2, 0.25) is 0 Å². The first-order valence-corrected chi connectivity index (χ1v) is 6.38. The van der Waals surface area contributed by atoms with Crippen molar-refractivity contribution in [3.8, 4) is 0 Å². The molecular formula is C12H24N2O. The lowest BCUT2D eigenvalue weighted by Crippen LogP contribution is -2.49. The highest BCUT2D eigenvalue weighted by Gasteiger charge is 2.21. The van der Waals surface area contributed by atoms with Crippen molar-refractivity contribution in [2.24, 2.45) is 5.92 Å². The van der Waals surface area contributed by atoms with Crippen LogP contribution in [-0.4, -0.2) is 50.3 Å². The Morgan fingerprint density at radius 2 is 2.27 bits per heavy atom. The first-order valence-electron chi connectivity index (χ1n) is 6.38. The molecule has 88 valence electrons. The zero-order chi connectivity index (χ0) is 10.5. The molecule has 0 bridgehead atoms. The van der Waals surface area contributed by atoms with Gasteiger partial charge in [0.25, 0.3) is 0 Å². The zero-order valence-corrected chi connectivity index (χ0v) is 9.87. The first-order chi connectivity index (χ1) is 7.34. The van der Waals surface area contributed by atoms with E-state index in [9.17, 15) is 0 Å². The molecule has 0 amide bonds. The molecule has 0 radical (unpaired) electrons. The number of rotatable bonds is 6. The average molecular weight is 212 g/mol. The minimum atomic E-state index is 0.658. The van der Waals surface area contributed by atoms with Gasteiger partial charge in [-0.15, -0.1) is 0 Å². The standard InChI is InChI=1S/C12H24N2O/c1-11-9-14(7-5-13-11)6-2-8-15-10-12-3-4-12/h11-13H,2-10H2,1H3. The summed E-state index contributed by atoms with van der Waals surface area (Å²) in [5, 5.41) is 3.46. The van der Waals surface area contributed by atoms with E-state index in [4.69, 9.17) is 4.74 Å². The van der Waals surface area contributed by atoms with E-state index in [0.717, 1.165) is 25.7 Å². The first kappa shape index (κ1) is 11.4. The maximum absolute atomic E-state index is 5.63. The van der Waals surface area contributed by atoms with Gasteiger partial charge in [-0.1, -0.05) is 0 Å². The molecule has 1 aliphatic carbocycles. The highest BCUT2D eigenvalue weighted by atomic mass is 16.5. The van der Waals surface area contributed by atoms with Gasteiger partial charge < -0.3 is 15.0 Å². The van der Waals surface area contributed by atoms with E-state index in [1.807, 2.05) is 0 Å². The molecule has 1 unspecified atom stereocenters. The molecule has 2 aliphatic rings. The Hall–Kier alpha value is -0.120. The van der Waals surface area contributed by atoms with Crippen LogP contribution in [0.3, 0.4) is 0 Å². The zero-order valence-electron chi connectivity index (χ0n) is 9.87. The van der Waals surface area contributed by atoms with Crippen LogP contribution in [0.5, 0.6) is 0 Å². The van der Waals surface area contributed by atoms with Crippen LogP contribution in [0.2, 0.25) is 0 Å². The fraction of sp³-hybridized carbons (Fsp3) is 1.00. The van der Waals surface area contributed by atoms with Gasteiger partial charge in [-0.2, -0.15) is 0 Å². The second-order valence-electron chi connectivity index (χ2n) is 5.03. The Morgan fingerprint density at radius 1 is 1.40 bits per heavy atom. The van der Waals surface area contributed by atoms with Gasteiger partial charge >= 0.3 is 0 Å². The van der Waals surface area contributed by atoms with Gasteiger partial charge in [-0.25, -0.2) is 0 Å². The van der Waals surface area contributed by atoms with Crippen molar-refractivity contribution in [3.05, 3.63) is 0 Å². The summed E-state index contributed by atoms with van der Waals surface area (Å²) in [6, 6.07) is 0.658. The van der Waals surface area contributed by atoms with Crippen LogP contribution in [-0.2, 0) is 4.74 Å². The summed E-state index contributed by atoms with van der Waals surface area (Å²) < 4.78 is 5.63. The smallest absolute Gasteiger partial charge is 0.0494 e. The minimum absolute atomic E-state index is 0.658. The van der Waals surface area contributed by atoms with Crippen LogP contribution < -0.4 is 5.32 Å². The van der Waals surface area contributed by atoms with Crippen molar-refractivity contribution >= 4 is 0 Å². The molecule has 1 atom stereocenters. The molecule has 1 aliphatic heterocycles. The van der Waals surface area contributed by atoms with E-state index >= 15 is 0 Å². The molecule has 2 rings (SSSR count). The lowest BCUT2D eigenvalue weighted by atomic mass is 10.2. The van der Waals surface area contributed by atoms with Crippen molar-refractivity contribution in [2.45, 2.75) is 32.2 Å². The Balaban J connectivity index is 1.45. The van der Waals surface area contributed by atoms with Gasteiger partial charge in [0.15, 0.2) is 0 Å². The Labute approximate surface area is 93.2 Å². The van der Waals surface area contributed by atoms with Gasteiger partial charge in [-0.3, -0.25) is 0 Å². The van der Waals surface area contributed by atoms with Crippen LogP contribution in [0.25, 0.3) is 0 Å². The third-order valence-electron chi connectivity index (χ3n) is 3.27. The molecule has 0 aromatic heterocycles. The number of ether oxygens (including phenoxy) is 1. The predicted molar refractivity (Wildman–Crippen MR) is 62.1 cm³/mol. The highest BCUT2D eigenvalue weighted by molar-refractivity contribution is 4.75. The molecule has 1 saturated carbocycles. The average Bonchev–Trinajstić information content (AvgIpc) is 3.01. The van der Waals surface area contributed by atoms with E-state index in [1.54, 1.807) is 0 Å².